The van der Waals surface area contributed by atoms with Crippen molar-refractivity contribution in [3.05, 3.63) is 33.8 Å². The van der Waals surface area contributed by atoms with Gasteiger partial charge in [0.15, 0.2) is 0 Å². The Balaban J connectivity index is 0.00000242. The smallest absolute Gasteiger partial charge is 0.240 e. The van der Waals surface area contributed by atoms with Gasteiger partial charge in [0.25, 0.3) is 0 Å². The summed E-state index contributed by atoms with van der Waals surface area (Å²) in [5.74, 6) is -0.126. The molecule has 1 heterocycles. The summed E-state index contributed by atoms with van der Waals surface area (Å²) >= 11 is 12.4. The van der Waals surface area contributed by atoms with Crippen LogP contribution in [-0.4, -0.2) is 31.2 Å². The number of nitrogens with two attached hydrogens (primary N) is 1. The molecule has 0 spiro atoms. The van der Waals surface area contributed by atoms with E-state index in [1.807, 2.05) is 6.92 Å². The Morgan fingerprint density at radius 3 is 2.45 bits per heavy atom. The Hall–Kier alpha value is -0.520. The number of rotatable bonds is 4. The first-order valence-electron chi connectivity index (χ1n) is 7.03. The van der Waals surface area contributed by atoms with Crippen molar-refractivity contribution in [1.29, 1.82) is 0 Å². The standard InChI is InChI=1S/C15H20Cl2N2O2.ClH/c1-10(13-11(16)3-2-4-12(13)17)9-19-14(20)15(18)5-7-21-8-6-15;/h2-4,10H,5-9,18H2,1H3,(H,19,20);1H. The maximum Gasteiger partial charge on any atom is 0.240 e. The molecule has 0 bridgehead atoms. The van der Waals surface area contributed by atoms with Crippen LogP contribution >= 0.6 is 35.6 Å². The molecule has 4 nitrogen and oxygen atoms in total. The zero-order valence-electron chi connectivity index (χ0n) is 12.4. The molecule has 1 fully saturated rings. The highest BCUT2D eigenvalue weighted by Crippen LogP contribution is 2.31. The summed E-state index contributed by atoms with van der Waals surface area (Å²) < 4.78 is 5.25. The number of halogens is 3. The van der Waals surface area contributed by atoms with Gasteiger partial charge in [-0.2, -0.15) is 0 Å². The van der Waals surface area contributed by atoms with Crippen LogP contribution < -0.4 is 11.1 Å². The number of hydrogen-bond donors (Lipinski definition) is 2. The Morgan fingerprint density at radius 2 is 1.91 bits per heavy atom. The van der Waals surface area contributed by atoms with E-state index in [1.54, 1.807) is 18.2 Å². The Morgan fingerprint density at radius 1 is 1.36 bits per heavy atom. The maximum absolute atomic E-state index is 12.3. The highest BCUT2D eigenvalue weighted by atomic mass is 35.5. The van der Waals surface area contributed by atoms with Crippen LogP contribution in [0, 0.1) is 0 Å². The molecule has 1 aromatic carbocycles. The summed E-state index contributed by atoms with van der Waals surface area (Å²) in [6.45, 7) is 3.47. The molecule has 1 unspecified atom stereocenters. The van der Waals surface area contributed by atoms with E-state index in [1.165, 1.54) is 0 Å². The monoisotopic (exact) mass is 366 g/mol. The zero-order chi connectivity index (χ0) is 15.5. The van der Waals surface area contributed by atoms with Gasteiger partial charge in [0.1, 0.15) is 0 Å². The molecule has 3 N–H and O–H groups in total. The van der Waals surface area contributed by atoms with E-state index in [2.05, 4.69) is 5.32 Å². The Kier molecular flexibility index (Phi) is 7.42. The fourth-order valence-electron chi connectivity index (χ4n) is 2.47. The molecule has 1 aliphatic rings. The van der Waals surface area contributed by atoms with Crippen molar-refractivity contribution >= 4 is 41.5 Å². The summed E-state index contributed by atoms with van der Waals surface area (Å²) in [4.78, 5) is 12.3. The Labute approximate surface area is 147 Å². The third-order valence-corrected chi connectivity index (χ3v) is 4.56. The van der Waals surface area contributed by atoms with Crippen molar-refractivity contribution in [3.63, 3.8) is 0 Å². The number of benzene rings is 1. The quantitative estimate of drug-likeness (QED) is 0.859. The van der Waals surface area contributed by atoms with E-state index in [4.69, 9.17) is 33.7 Å². The van der Waals surface area contributed by atoms with Crippen molar-refractivity contribution < 1.29 is 9.53 Å². The second-order valence-electron chi connectivity index (χ2n) is 5.51. The van der Waals surface area contributed by atoms with Crippen LogP contribution in [0.15, 0.2) is 18.2 Å². The lowest BCUT2D eigenvalue weighted by Gasteiger charge is -2.32. The minimum Gasteiger partial charge on any atom is -0.381 e. The average molecular weight is 368 g/mol. The summed E-state index contributed by atoms with van der Waals surface area (Å²) in [7, 11) is 0. The molecule has 0 aliphatic carbocycles. The largest absolute Gasteiger partial charge is 0.381 e. The van der Waals surface area contributed by atoms with Crippen LogP contribution in [0.5, 0.6) is 0 Å². The summed E-state index contributed by atoms with van der Waals surface area (Å²) in [5.41, 5.74) is 6.16. The van der Waals surface area contributed by atoms with Crippen molar-refractivity contribution in [2.75, 3.05) is 19.8 Å². The molecular weight excluding hydrogens is 347 g/mol. The molecular formula is C15H21Cl3N2O2. The second kappa shape index (κ2) is 8.37. The highest BCUT2D eigenvalue weighted by Gasteiger charge is 2.35. The first-order chi connectivity index (χ1) is 9.94. The number of carbonyl (C=O) groups is 1. The third kappa shape index (κ3) is 4.49. The first kappa shape index (κ1) is 19.5. The highest BCUT2D eigenvalue weighted by molar-refractivity contribution is 6.36. The van der Waals surface area contributed by atoms with Gasteiger partial charge in [0, 0.05) is 35.7 Å². The van der Waals surface area contributed by atoms with Gasteiger partial charge in [0.2, 0.25) is 5.91 Å². The lowest BCUT2D eigenvalue weighted by Crippen LogP contribution is -2.57. The number of hydrogen-bond acceptors (Lipinski definition) is 3. The Bertz CT molecular complexity index is 499. The van der Waals surface area contributed by atoms with Crippen molar-refractivity contribution in [2.24, 2.45) is 5.73 Å². The van der Waals surface area contributed by atoms with Gasteiger partial charge in [0.05, 0.1) is 5.54 Å². The number of nitrogens with one attached hydrogen (secondary N) is 1. The van der Waals surface area contributed by atoms with E-state index in [9.17, 15) is 4.79 Å². The minimum atomic E-state index is -0.831. The van der Waals surface area contributed by atoms with E-state index < -0.39 is 5.54 Å². The van der Waals surface area contributed by atoms with Crippen molar-refractivity contribution in [3.8, 4) is 0 Å². The SMILES string of the molecule is CC(CNC(=O)C1(N)CCOCC1)c1c(Cl)cccc1Cl.Cl. The molecule has 1 amide bonds. The molecule has 22 heavy (non-hydrogen) atoms. The molecule has 1 saturated heterocycles. The normalized spacial score (nSPS) is 18.2. The van der Waals surface area contributed by atoms with Crippen molar-refractivity contribution in [1.82, 2.24) is 5.32 Å². The first-order valence-corrected chi connectivity index (χ1v) is 7.78. The lowest BCUT2D eigenvalue weighted by atomic mass is 9.90. The summed E-state index contributed by atoms with van der Waals surface area (Å²) in [6, 6.07) is 5.39. The van der Waals surface area contributed by atoms with Gasteiger partial charge in [-0.15, -0.1) is 12.4 Å². The fraction of sp³-hybridized carbons (Fsp3) is 0.533. The third-order valence-electron chi connectivity index (χ3n) is 3.90. The molecule has 2 rings (SSSR count). The predicted octanol–water partition coefficient (Wildman–Crippen LogP) is 3.14. The van der Waals surface area contributed by atoms with Crippen LogP contribution in [0.2, 0.25) is 10.0 Å². The van der Waals surface area contributed by atoms with Gasteiger partial charge >= 0.3 is 0 Å². The molecule has 7 heteroatoms. The van der Waals surface area contributed by atoms with Crippen LogP contribution in [0.25, 0.3) is 0 Å². The van der Waals surface area contributed by atoms with Gasteiger partial charge in [-0.25, -0.2) is 0 Å². The average Bonchev–Trinajstić information content (AvgIpc) is 2.45. The molecule has 1 aromatic rings. The van der Waals surface area contributed by atoms with Crippen LogP contribution in [0.3, 0.4) is 0 Å². The topological polar surface area (TPSA) is 64.4 Å². The van der Waals surface area contributed by atoms with Gasteiger partial charge < -0.3 is 15.8 Å². The van der Waals surface area contributed by atoms with E-state index in [-0.39, 0.29) is 24.2 Å². The van der Waals surface area contributed by atoms with Gasteiger partial charge in [-0.1, -0.05) is 36.2 Å². The lowest BCUT2D eigenvalue weighted by molar-refractivity contribution is -0.129. The molecule has 1 aliphatic heterocycles. The fourth-order valence-corrected chi connectivity index (χ4v) is 3.24. The number of amides is 1. The predicted molar refractivity (Wildman–Crippen MR) is 92.1 cm³/mol. The zero-order valence-corrected chi connectivity index (χ0v) is 14.7. The van der Waals surface area contributed by atoms with E-state index in [0.717, 1.165) is 5.56 Å². The van der Waals surface area contributed by atoms with Crippen LogP contribution in [0.4, 0.5) is 0 Å². The van der Waals surface area contributed by atoms with Crippen LogP contribution in [-0.2, 0) is 9.53 Å². The van der Waals surface area contributed by atoms with E-state index in [0.29, 0.717) is 42.6 Å². The maximum atomic E-state index is 12.3. The van der Waals surface area contributed by atoms with Gasteiger partial charge in [-0.05, 0) is 30.5 Å². The van der Waals surface area contributed by atoms with Crippen LogP contribution in [0.1, 0.15) is 31.2 Å². The molecule has 0 saturated carbocycles. The number of carbonyl (C=O) groups excluding carboxylic acids is 1. The molecule has 0 aromatic heterocycles. The summed E-state index contributed by atoms with van der Waals surface area (Å²) in [6.07, 6.45) is 1.08. The number of ether oxygens (including phenoxy) is 1. The molecule has 0 radical (unpaired) electrons. The second-order valence-corrected chi connectivity index (χ2v) is 6.33. The van der Waals surface area contributed by atoms with Crippen molar-refractivity contribution in [2.45, 2.75) is 31.2 Å². The minimum absolute atomic E-state index is 0. The summed E-state index contributed by atoms with van der Waals surface area (Å²) in [5, 5.41) is 4.13. The van der Waals surface area contributed by atoms with Gasteiger partial charge in [-0.3, -0.25) is 4.79 Å². The molecule has 124 valence electrons. The molecule has 1 atom stereocenters. The van der Waals surface area contributed by atoms with E-state index >= 15 is 0 Å².